The Morgan fingerprint density at radius 3 is 2.35 bits per heavy atom. The lowest BCUT2D eigenvalue weighted by molar-refractivity contribution is -0.139. The first-order valence-electron chi connectivity index (χ1n) is 9.51. The van der Waals surface area contributed by atoms with Crippen LogP contribution in [0.5, 0.6) is 5.75 Å². The van der Waals surface area contributed by atoms with E-state index in [-0.39, 0.29) is 4.21 Å². The monoisotopic (exact) mass is 477 g/mol. The number of nitrogens with one attached hydrogen (secondary N) is 1. The van der Waals surface area contributed by atoms with Gasteiger partial charge in [0.2, 0.25) is 0 Å². The van der Waals surface area contributed by atoms with Gasteiger partial charge in [0.05, 0.1) is 12.4 Å². The van der Waals surface area contributed by atoms with Gasteiger partial charge in [0.25, 0.3) is 10.0 Å². The molecule has 0 radical (unpaired) electrons. The highest BCUT2D eigenvalue weighted by Crippen LogP contribution is 2.35. The number of carboxylic acid groups (broad SMARTS) is 1. The van der Waals surface area contributed by atoms with Gasteiger partial charge in [-0.2, -0.15) is 16.5 Å². The van der Waals surface area contributed by atoms with Gasteiger partial charge in [-0.15, -0.1) is 11.3 Å². The molecule has 3 rings (SSSR count). The maximum absolute atomic E-state index is 13.0. The molecule has 0 amide bonds. The number of thiophene rings is 1. The van der Waals surface area contributed by atoms with Crippen LogP contribution in [-0.4, -0.2) is 38.4 Å². The predicted molar refractivity (Wildman–Crippen MR) is 125 cm³/mol. The van der Waals surface area contributed by atoms with Crippen LogP contribution >= 0.6 is 23.1 Å². The van der Waals surface area contributed by atoms with Crippen molar-refractivity contribution < 1.29 is 23.1 Å². The van der Waals surface area contributed by atoms with Gasteiger partial charge in [-0.05, 0) is 53.3 Å². The van der Waals surface area contributed by atoms with Gasteiger partial charge in [-0.3, -0.25) is 4.79 Å². The molecular weight excluding hydrogens is 454 g/mol. The van der Waals surface area contributed by atoms with Crippen molar-refractivity contribution >= 4 is 39.1 Å². The normalized spacial score (nSPS) is 13.5. The van der Waals surface area contributed by atoms with E-state index in [1.807, 2.05) is 49.4 Å². The summed E-state index contributed by atoms with van der Waals surface area (Å²) in [4.78, 5) is 12.8. The maximum atomic E-state index is 13.0. The zero-order valence-electron chi connectivity index (χ0n) is 17.0. The van der Waals surface area contributed by atoms with Crippen LogP contribution in [-0.2, 0) is 14.8 Å². The van der Waals surface area contributed by atoms with Crippen LogP contribution in [0.15, 0.2) is 70.9 Å². The molecule has 3 aromatic rings. The van der Waals surface area contributed by atoms with Crippen LogP contribution in [0.2, 0.25) is 0 Å². The van der Waals surface area contributed by atoms with Crippen molar-refractivity contribution in [2.45, 2.75) is 22.4 Å². The molecule has 0 aliphatic heterocycles. The Morgan fingerprint density at radius 2 is 1.77 bits per heavy atom. The smallest absolute Gasteiger partial charge is 0.323 e. The second-order valence-corrected chi connectivity index (χ2v) is 11.0. The summed E-state index contributed by atoms with van der Waals surface area (Å²) < 4.78 is 33.7. The minimum Gasteiger partial charge on any atom is -0.497 e. The molecule has 1 aromatic heterocycles. The summed E-state index contributed by atoms with van der Waals surface area (Å²) in [6.07, 6.45) is 0. The van der Waals surface area contributed by atoms with Gasteiger partial charge in [0, 0.05) is 4.88 Å². The molecule has 164 valence electrons. The zero-order valence-corrected chi connectivity index (χ0v) is 19.5. The minimum absolute atomic E-state index is 0.0675. The summed E-state index contributed by atoms with van der Waals surface area (Å²) in [5, 5.41) is 9.27. The molecule has 9 heteroatoms. The van der Waals surface area contributed by atoms with Gasteiger partial charge in [0.15, 0.2) is 0 Å². The third kappa shape index (κ3) is 5.68. The highest BCUT2D eigenvalue weighted by Gasteiger charge is 2.34. The molecule has 0 spiro atoms. The third-order valence-corrected chi connectivity index (χ3v) is 8.85. The number of hydrogen-bond acceptors (Lipinski definition) is 6. The van der Waals surface area contributed by atoms with Crippen molar-refractivity contribution in [2.75, 3.05) is 12.9 Å². The van der Waals surface area contributed by atoms with E-state index in [0.717, 1.165) is 27.3 Å². The largest absolute Gasteiger partial charge is 0.497 e. The van der Waals surface area contributed by atoms with Crippen LogP contribution < -0.4 is 9.46 Å². The van der Waals surface area contributed by atoms with E-state index in [1.54, 1.807) is 25.3 Å². The number of rotatable bonds is 10. The highest BCUT2D eigenvalue weighted by molar-refractivity contribution is 7.99. The van der Waals surface area contributed by atoms with Crippen LogP contribution in [0.1, 0.15) is 17.7 Å². The number of benzene rings is 2. The molecule has 0 aliphatic carbocycles. The molecule has 1 heterocycles. The topological polar surface area (TPSA) is 92.7 Å². The quantitative estimate of drug-likeness (QED) is 0.442. The van der Waals surface area contributed by atoms with Crippen molar-refractivity contribution in [1.29, 1.82) is 0 Å². The number of hydrogen-bond donors (Lipinski definition) is 2. The van der Waals surface area contributed by atoms with Crippen molar-refractivity contribution in [3.05, 3.63) is 72.3 Å². The molecule has 6 nitrogen and oxygen atoms in total. The van der Waals surface area contributed by atoms with E-state index >= 15 is 0 Å². The van der Waals surface area contributed by atoms with Crippen LogP contribution in [0.3, 0.4) is 0 Å². The number of aliphatic carboxylic acids is 1. The molecule has 2 atom stereocenters. The van der Waals surface area contributed by atoms with Gasteiger partial charge >= 0.3 is 5.97 Å². The number of thioether (sulfide) groups is 1. The predicted octanol–water partition coefficient (Wildman–Crippen LogP) is 4.65. The average molecular weight is 478 g/mol. The Kier molecular flexibility index (Phi) is 7.77. The number of carboxylic acids is 1. The second-order valence-electron chi connectivity index (χ2n) is 6.57. The van der Waals surface area contributed by atoms with Crippen LogP contribution in [0, 0.1) is 0 Å². The summed E-state index contributed by atoms with van der Waals surface area (Å²) in [6.45, 7) is 1.91. The molecule has 0 saturated carbocycles. The molecule has 0 saturated heterocycles. The number of methoxy groups -OCH3 is 1. The van der Waals surface area contributed by atoms with Gasteiger partial charge in [-0.25, -0.2) is 8.42 Å². The van der Waals surface area contributed by atoms with E-state index in [4.69, 9.17) is 4.74 Å². The summed E-state index contributed by atoms with van der Waals surface area (Å²) in [5.41, 5.74) is 1.61. The number of ether oxygens (including phenoxy) is 1. The molecule has 31 heavy (non-hydrogen) atoms. The fraction of sp³-hybridized carbons (Fsp3) is 0.227. The van der Waals surface area contributed by atoms with Crippen LogP contribution in [0.25, 0.3) is 10.4 Å². The van der Waals surface area contributed by atoms with E-state index in [9.17, 15) is 18.3 Å². The fourth-order valence-corrected chi connectivity index (χ4v) is 6.75. The van der Waals surface area contributed by atoms with Crippen molar-refractivity contribution in [3.63, 3.8) is 0 Å². The number of carbonyl (C=O) groups is 1. The Bertz CT molecular complexity index is 1110. The van der Waals surface area contributed by atoms with E-state index in [1.165, 1.54) is 17.8 Å². The molecule has 2 N–H and O–H groups in total. The Hall–Kier alpha value is -2.33. The van der Waals surface area contributed by atoms with E-state index in [0.29, 0.717) is 11.5 Å². The Balaban J connectivity index is 1.87. The third-order valence-electron chi connectivity index (χ3n) is 4.55. The van der Waals surface area contributed by atoms with Crippen LogP contribution in [0.4, 0.5) is 0 Å². The summed E-state index contributed by atoms with van der Waals surface area (Å²) in [6, 6.07) is 18.3. The second kappa shape index (κ2) is 10.3. The van der Waals surface area contributed by atoms with Crippen molar-refractivity contribution in [3.8, 4) is 16.2 Å². The molecule has 0 fully saturated rings. The lowest BCUT2D eigenvalue weighted by Crippen LogP contribution is -2.43. The Morgan fingerprint density at radius 1 is 1.10 bits per heavy atom. The molecule has 0 aliphatic rings. The summed E-state index contributed by atoms with van der Waals surface area (Å²) in [7, 11) is -2.45. The minimum atomic E-state index is -4.03. The van der Waals surface area contributed by atoms with Crippen molar-refractivity contribution in [2.24, 2.45) is 0 Å². The van der Waals surface area contributed by atoms with E-state index < -0.39 is 27.3 Å². The summed E-state index contributed by atoms with van der Waals surface area (Å²) >= 11 is 2.48. The average Bonchev–Trinajstić information content (AvgIpc) is 3.28. The molecule has 0 bridgehead atoms. The SMILES string of the molecule is CCSC(c1ccccc1)[C@H](NS(=O)(=O)c1ccc(-c2ccc(OC)cc2)s1)C(=O)O. The maximum Gasteiger partial charge on any atom is 0.323 e. The first kappa shape index (κ1) is 23.3. The molecule has 2 aromatic carbocycles. The standard InChI is InChI=1S/C22H23NO5S3/c1-3-29-21(16-7-5-4-6-8-16)20(22(24)25)23-31(26,27)19-14-13-18(30-19)15-9-11-17(28-2)12-10-15/h4-14,20-21,23H,3H2,1-2H3,(H,24,25)/t20-,21?/m0/s1. The highest BCUT2D eigenvalue weighted by atomic mass is 32.2. The Labute approximate surface area is 190 Å². The molecule has 1 unspecified atom stereocenters. The first-order chi connectivity index (χ1) is 14.9. The fourth-order valence-electron chi connectivity index (χ4n) is 3.05. The van der Waals surface area contributed by atoms with Gasteiger partial charge in [0.1, 0.15) is 16.0 Å². The van der Waals surface area contributed by atoms with Gasteiger partial charge in [-0.1, -0.05) is 37.3 Å². The van der Waals surface area contributed by atoms with Gasteiger partial charge < -0.3 is 9.84 Å². The van der Waals surface area contributed by atoms with Crippen molar-refractivity contribution in [1.82, 2.24) is 4.72 Å². The van der Waals surface area contributed by atoms with E-state index in [2.05, 4.69) is 4.72 Å². The number of sulfonamides is 1. The molecular formula is C22H23NO5S3. The lowest BCUT2D eigenvalue weighted by Gasteiger charge is -2.24. The lowest BCUT2D eigenvalue weighted by atomic mass is 10.1. The first-order valence-corrected chi connectivity index (χ1v) is 12.9. The zero-order chi connectivity index (χ0) is 22.4. The summed E-state index contributed by atoms with van der Waals surface area (Å²) in [5.74, 6) is 0.135.